The van der Waals surface area contributed by atoms with E-state index in [1.165, 1.54) is 16.3 Å². The van der Waals surface area contributed by atoms with Crippen molar-refractivity contribution in [1.82, 2.24) is 14.1 Å². The van der Waals surface area contributed by atoms with Crippen molar-refractivity contribution in [3.8, 4) is 0 Å². The van der Waals surface area contributed by atoms with Gasteiger partial charge in [-0.1, -0.05) is 72.3 Å². The third-order valence-electron chi connectivity index (χ3n) is 8.01. The van der Waals surface area contributed by atoms with E-state index in [-0.39, 0.29) is 30.0 Å². The lowest BCUT2D eigenvalue weighted by Crippen LogP contribution is -2.49. The number of likely N-dealkylation sites (tertiary alicyclic amines) is 1. The highest BCUT2D eigenvalue weighted by atomic mass is 35.5. The van der Waals surface area contributed by atoms with E-state index in [4.69, 9.17) is 21.1 Å². The lowest BCUT2D eigenvalue weighted by Gasteiger charge is -2.38. The minimum Gasteiger partial charge on any atom is -0.468 e. The van der Waals surface area contributed by atoms with E-state index in [2.05, 4.69) is 4.90 Å². The van der Waals surface area contributed by atoms with Crippen molar-refractivity contribution in [1.29, 1.82) is 0 Å². The maximum absolute atomic E-state index is 13.3. The predicted molar refractivity (Wildman–Crippen MR) is 170 cm³/mol. The largest absolute Gasteiger partial charge is 0.468 e. The van der Waals surface area contributed by atoms with Crippen LogP contribution in [-0.2, 0) is 30.9 Å². The van der Waals surface area contributed by atoms with Crippen molar-refractivity contribution >= 4 is 33.7 Å². The van der Waals surface area contributed by atoms with Crippen molar-refractivity contribution in [3.63, 3.8) is 0 Å². The molecule has 1 heterocycles. The molecule has 0 bridgehead atoms. The fourth-order valence-corrected chi connectivity index (χ4v) is 6.88. The maximum Gasteiger partial charge on any atom is 0.410 e. The van der Waals surface area contributed by atoms with E-state index in [1.54, 1.807) is 37.4 Å². The minimum atomic E-state index is -3.66. The summed E-state index contributed by atoms with van der Waals surface area (Å²) in [5, 5.41) is 0.603. The van der Waals surface area contributed by atoms with Gasteiger partial charge in [-0.05, 0) is 67.1 Å². The van der Waals surface area contributed by atoms with Gasteiger partial charge in [-0.15, -0.1) is 0 Å². The van der Waals surface area contributed by atoms with Crippen molar-refractivity contribution in [2.24, 2.45) is 0 Å². The molecule has 236 valence electrons. The lowest BCUT2D eigenvalue weighted by molar-refractivity contribution is -0.142. The smallest absolute Gasteiger partial charge is 0.410 e. The van der Waals surface area contributed by atoms with E-state index in [1.807, 2.05) is 54.6 Å². The van der Waals surface area contributed by atoms with Gasteiger partial charge in [0.25, 0.3) is 0 Å². The Hall–Kier alpha value is -3.44. The summed E-state index contributed by atoms with van der Waals surface area (Å²) in [6.45, 7) is 2.42. The van der Waals surface area contributed by atoms with Gasteiger partial charge < -0.3 is 14.4 Å². The first-order valence-electron chi connectivity index (χ1n) is 14.7. The van der Waals surface area contributed by atoms with Crippen molar-refractivity contribution < 1.29 is 27.5 Å². The number of esters is 1. The second-order valence-corrected chi connectivity index (χ2v) is 13.4. The summed E-state index contributed by atoms with van der Waals surface area (Å²) in [6, 6.07) is 25.2. The summed E-state index contributed by atoms with van der Waals surface area (Å²) in [5.74, 6) is -0.582. The molecular formula is C33H40ClN3O6S. The Morgan fingerprint density at radius 1 is 0.977 bits per heavy atom. The third kappa shape index (κ3) is 9.28. The average Bonchev–Trinajstić information content (AvgIpc) is 3.05. The van der Waals surface area contributed by atoms with Gasteiger partial charge in [0.1, 0.15) is 13.2 Å². The number of piperidine rings is 1. The zero-order valence-corrected chi connectivity index (χ0v) is 26.8. The Morgan fingerprint density at radius 3 is 2.27 bits per heavy atom. The normalized spacial score (nSPS) is 15.1. The zero-order chi connectivity index (χ0) is 31.5. The highest BCUT2D eigenvalue weighted by Crippen LogP contribution is 2.27. The molecule has 0 aliphatic carbocycles. The first-order valence-corrected chi connectivity index (χ1v) is 16.5. The molecule has 3 aromatic rings. The molecule has 1 amide bonds. The highest BCUT2D eigenvalue weighted by molar-refractivity contribution is 7.89. The van der Waals surface area contributed by atoms with Crippen molar-refractivity contribution in [2.45, 2.75) is 42.7 Å². The molecule has 0 aromatic heterocycles. The molecule has 3 aromatic carbocycles. The Labute approximate surface area is 265 Å². The van der Waals surface area contributed by atoms with Crippen LogP contribution in [0.15, 0.2) is 89.8 Å². The Bertz CT molecular complexity index is 1470. The molecule has 0 saturated carbocycles. The predicted octanol–water partition coefficient (Wildman–Crippen LogP) is 5.41. The van der Waals surface area contributed by atoms with Crippen LogP contribution in [0.3, 0.4) is 0 Å². The Morgan fingerprint density at radius 2 is 1.64 bits per heavy atom. The van der Waals surface area contributed by atoms with Crippen LogP contribution >= 0.6 is 11.6 Å². The molecule has 0 N–H and O–H groups in total. The molecule has 1 fully saturated rings. The van der Waals surface area contributed by atoms with E-state index in [0.29, 0.717) is 43.9 Å². The first-order chi connectivity index (χ1) is 21.2. The fourth-order valence-electron chi connectivity index (χ4n) is 5.45. The molecule has 0 radical (unpaired) electrons. The van der Waals surface area contributed by atoms with Crippen LogP contribution in [0.5, 0.6) is 0 Å². The van der Waals surface area contributed by atoms with Crippen LogP contribution in [0.1, 0.15) is 36.3 Å². The van der Waals surface area contributed by atoms with Gasteiger partial charge in [-0.3, -0.25) is 9.69 Å². The van der Waals surface area contributed by atoms with Crippen LogP contribution in [0, 0.1) is 0 Å². The number of amides is 1. The van der Waals surface area contributed by atoms with Crippen LogP contribution < -0.4 is 0 Å². The van der Waals surface area contributed by atoms with Crippen molar-refractivity contribution in [2.75, 3.05) is 46.9 Å². The number of nitrogens with zero attached hydrogens (tertiary/aromatic N) is 3. The zero-order valence-electron chi connectivity index (χ0n) is 25.2. The molecule has 4 rings (SSSR count). The maximum atomic E-state index is 13.3. The van der Waals surface area contributed by atoms with E-state index < -0.39 is 22.1 Å². The standard InChI is InChI=1S/C33H40ClN3O6S/c1-35(44(40,41)31-14-7-4-8-15-31)23-28(27-12-9-13-29(34)22-27)16-19-36-20-17-30(18-21-36)37(24-32(38)42-2)33(39)43-25-26-10-5-3-6-11-26/h3-15,22,28,30H,16-21,23-25H2,1-2H3. The molecule has 1 aliphatic rings. The van der Waals surface area contributed by atoms with Gasteiger partial charge in [-0.2, -0.15) is 0 Å². The van der Waals surface area contributed by atoms with E-state index >= 15 is 0 Å². The molecule has 11 heteroatoms. The van der Waals surface area contributed by atoms with Crippen LogP contribution in [0.4, 0.5) is 4.79 Å². The number of sulfonamides is 1. The molecule has 0 spiro atoms. The first kappa shape index (κ1) is 33.5. The van der Waals surface area contributed by atoms with Gasteiger partial charge in [-0.25, -0.2) is 17.5 Å². The number of carbonyl (C=O) groups excluding carboxylic acids is 2. The van der Waals surface area contributed by atoms with Crippen LogP contribution in [0.2, 0.25) is 5.02 Å². The Balaban J connectivity index is 1.38. The van der Waals surface area contributed by atoms with Gasteiger partial charge in [0.15, 0.2) is 0 Å². The Kier molecular flexibility index (Phi) is 12.2. The molecular weight excluding hydrogens is 602 g/mol. The quantitative estimate of drug-likeness (QED) is 0.230. The molecule has 1 aliphatic heterocycles. The topological polar surface area (TPSA) is 96.5 Å². The average molecular weight is 642 g/mol. The fraction of sp³-hybridized carbons (Fsp3) is 0.394. The number of halogens is 1. The number of ether oxygens (including phenoxy) is 2. The number of methoxy groups -OCH3 is 1. The molecule has 1 saturated heterocycles. The number of hydrogen-bond acceptors (Lipinski definition) is 7. The molecule has 1 unspecified atom stereocenters. The second-order valence-electron chi connectivity index (χ2n) is 11.0. The van der Waals surface area contributed by atoms with Gasteiger partial charge in [0.05, 0.1) is 12.0 Å². The monoisotopic (exact) mass is 641 g/mol. The summed E-state index contributed by atoms with van der Waals surface area (Å²) >= 11 is 6.32. The number of benzene rings is 3. The summed E-state index contributed by atoms with van der Waals surface area (Å²) in [6.07, 6.45) is 1.51. The van der Waals surface area contributed by atoms with Gasteiger partial charge in [0, 0.05) is 37.7 Å². The summed E-state index contributed by atoms with van der Waals surface area (Å²) in [4.78, 5) is 29.3. The summed E-state index contributed by atoms with van der Waals surface area (Å²) in [5.41, 5.74) is 1.85. The molecule has 9 nitrogen and oxygen atoms in total. The second kappa shape index (κ2) is 16.0. The molecule has 44 heavy (non-hydrogen) atoms. The number of rotatable bonds is 13. The highest BCUT2D eigenvalue weighted by Gasteiger charge is 2.32. The third-order valence-corrected chi connectivity index (χ3v) is 10.1. The van der Waals surface area contributed by atoms with Gasteiger partial charge >= 0.3 is 12.1 Å². The molecule has 1 atom stereocenters. The number of carbonyl (C=O) groups is 2. The van der Waals surface area contributed by atoms with Crippen LogP contribution in [-0.4, -0.2) is 87.5 Å². The lowest BCUT2D eigenvalue weighted by atomic mass is 9.94. The minimum absolute atomic E-state index is 0.0845. The van der Waals surface area contributed by atoms with E-state index in [0.717, 1.165) is 17.7 Å². The van der Waals surface area contributed by atoms with Crippen molar-refractivity contribution in [3.05, 3.63) is 101 Å². The summed E-state index contributed by atoms with van der Waals surface area (Å²) in [7, 11) is -0.743. The number of hydrogen-bond donors (Lipinski definition) is 0. The van der Waals surface area contributed by atoms with E-state index in [9.17, 15) is 18.0 Å². The van der Waals surface area contributed by atoms with Crippen LogP contribution in [0.25, 0.3) is 0 Å². The SMILES string of the molecule is COC(=O)CN(C(=O)OCc1ccccc1)C1CCN(CCC(CN(C)S(=O)(=O)c2ccccc2)c2cccc(Cl)c2)CC1. The summed E-state index contributed by atoms with van der Waals surface area (Å²) < 4.78 is 38.3. The van der Waals surface area contributed by atoms with Gasteiger partial charge in [0.2, 0.25) is 10.0 Å². The number of likely N-dealkylation sites (N-methyl/N-ethyl adjacent to an activating group) is 1.